The monoisotopic (exact) mass is 344 g/mol. The number of Topliss-reactive ketones (excluding diaryl/α,β-unsaturated/α-hetero) is 1. The van der Waals surface area contributed by atoms with E-state index in [9.17, 15) is 9.59 Å². The number of nitrogens with zero attached hydrogens (tertiary/aromatic N) is 1. The smallest absolute Gasteiger partial charge is 0.251 e. The van der Waals surface area contributed by atoms with E-state index in [0.717, 1.165) is 11.1 Å². The summed E-state index contributed by atoms with van der Waals surface area (Å²) in [6.45, 7) is 2.48. The Bertz CT molecular complexity index is 920. The molecule has 1 heterocycles. The number of rotatable bonds is 6. The SMILES string of the molecule is Cc1cccc(CNC(=O)c2ccnc(CC(=O)c3ccccc3)c2)c1. The van der Waals surface area contributed by atoms with Crippen LogP contribution in [-0.4, -0.2) is 16.7 Å². The van der Waals surface area contributed by atoms with E-state index in [-0.39, 0.29) is 18.1 Å². The van der Waals surface area contributed by atoms with Crippen LogP contribution in [0.3, 0.4) is 0 Å². The molecule has 0 saturated carbocycles. The van der Waals surface area contributed by atoms with Gasteiger partial charge in [0.25, 0.3) is 5.91 Å². The quantitative estimate of drug-likeness (QED) is 0.693. The normalized spacial score (nSPS) is 10.3. The molecule has 0 aliphatic heterocycles. The number of benzene rings is 2. The van der Waals surface area contributed by atoms with Crippen molar-refractivity contribution >= 4 is 11.7 Å². The highest BCUT2D eigenvalue weighted by Crippen LogP contribution is 2.09. The lowest BCUT2D eigenvalue weighted by Gasteiger charge is -2.07. The van der Waals surface area contributed by atoms with Crippen molar-refractivity contribution in [1.29, 1.82) is 0 Å². The Morgan fingerprint density at radius 3 is 2.50 bits per heavy atom. The average Bonchev–Trinajstić information content (AvgIpc) is 2.67. The van der Waals surface area contributed by atoms with Crippen molar-refractivity contribution in [2.75, 3.05) is 0 Å². The number of aryl methyl sites for hydroxylation is 1. The van der Waals surface area contributed by atoms with Crippen molar-refractivity contribution < 1.29 is 9.59 Å². The van der Waals surface area contributed by atoms with Gasteiger partial charge in [-0.1, -0.05) is 60.2 Å². The first-order chi connectivity index (χ1) is 12.6. The number of carbonyl (C=O) groups is 2. The van der Waals surface area contributed by atoms with E-state index in [1.54, 1.807) is 30.5 Å². The molecule has 1 N–H and O–H groups in total. The molecule has 3 rings (SSSR count). The fraction of sp³-hybridized carbons (Fsp3) is 0.136. The van der Waals surface area contributed by atoms with Gasteiger partial charge in [0.05, 0.1) is 6.42 Å². The summed E-state index contributed by atoms with van der Waals surface area (Å²) >= 11 is 0. The van der Waals surface area contributed by atoms with E-state index in [0.29, 0.717) is 23.4 Å². The lowest BCUT2D eigenvalue weighted by Crippen LogP contribution is -2.23. The van der Waals surface area contributed by atoms with Crippen LogP contribution in [0.5, 0.6) is 0 Å². The maximum atomic E-state index is 12.4. The molecule has 0 fully saturated rings. The second-order valence-corrected chi connectivity index (χ2v) is 6.17. The summed E-state index contributed by atoms with van der Waals surface area (Å²) in [5.41, 5.74) is 3.93. The molecule has 130 valence electrons. The van der Waals surface area contributed by atoms with Crippen LogP contribution >= 0.6 is 0 Å². The minimum Gasteiger partial charge on any atom is -0.348 e. The molecule has 2 aromatic carbocycles. The predicted molar refractivity (Wildman–Crippen MR) is 101 cm³/mol. The number of aromatic nitrogens is 1. The number of ketones is 1. The van der Waals surface area contributed by atoms with Crippen LogP contribution in [0.2, 0.25) is 0 Å². The van der Waals surface area contributed by atoms with E-state index < -0.39 is 0 Å². The van der Waals surface area contributed by atoms with Crippen molar-refractivity contribution in [2.24, 2.45) is 0 Å². The highest BCUT2D eigenvalue weighted by molar-refractivity contribution is 5.98. The van der Waals surface area contributed by atoms with Crippen molar-refractivity contribution in [1.82, 2.24) is 10.3 Å². The second-order valence-electron chi connectivity index (χ2n) is 6.17. The van der Waals surface area contributed by atoms with Crippen LogP contribution in [0.15, 0.2) is 72.9 Å². The summed E-state index contributed by atoms with van der Waals surface area (Å²) in [6.07, 6.45) is 1.73. The van der Waals surface area contributed by atoms with Gasteiger partial charge in [0.15, 0.2) is 5.78 Å². The molecule has 0 bridgehead atoms. The van der Waals surface area contributed by atoms with Gasteiger partial charge >= 0.3 is 0 Å². The first-order valence-electron chi connectivity index (χ1n) is 8.49. The average molecular weight is 344 g/mol. The van der Waals surface area contributed by atoms with Crippen LogP contribution in [-0.2, 0) is 13.0 Å². The minimum absolute atomic E-state index is 0.0181. The first kappa shape index (κ1) is 17.5. The molecule has 3 aromatic rings. The highest BCUT2D eigenvalue weighted by Gasteiger charge is 2.11. The standard InChI is InChI=1S/C22H20N2O2/c1-16-6-5-7-17(12-16)15-24-22(26)19-10-11-23-20(13-19)14-21(25)18-8-3-2-4-9-18/h2-13H,14-15H2,1H3,(H,24,26). The number of hydrogen-bond acceptors (Lipinski definition) is 3. The van der Waals surface area contributed by atoms with E-state index in [1.165, 1.54) is 0 Å². The summed E-state index contributed by atoms with van der Waals surface area (Å²) in [6, 6.07) is 20.4. The fourth-order valence-corrected chi connectivity index (χ4v) is 2.71. The van der Waals surface area contributed by atoms with Gasteiger partial charge in [-0.05, 0) is 24.6 Å². The van der Waals surface area contributed by atoms with Crippen molar-refractivity contribution in [3.8, 4) is 0 Å². The molecule has 1 aromatic heterocycles. The molecule has 0 aliphatic rings. The van der Waals surface area contributed by atoms with Crippen molar-refractivity contribution in [3.63, 3.8) is 0 Å². The first-order valence-corrected chi connectivity index (χ1v) is 8.49. The summed E-state index contributed by atoms with van der Waals surface area (Å²) in [5, 5.41) is 2.90. The highest BCUT2D eigenvalue weighted by atomic mass is 16.1. The van der Waals surface area contributed by atoms with E-state index >= 15 is 0 Å². The van der Waals surface area contributed by atoms with E-state index in [1.807, 2.05) is 49.4 Å². The third-order valence-corrected chi connectivity index (χ3v) is 4.05. The largest absolute Gasteiger partial charge is 0.348 e. The van der Waals surface area contributed by atoms with E-state index in [2.05, 4.69) is 10.3 Å². The molecular weight excluding hydrogens is 324 g/mol. The lowest BCUT2D eigenvalue weighted by molar-refractivity contribution is 0.0947. The molecule has 4 heteroatoms. The summed E-state index contributed by atoms with van der Waals surface area (Å²) < 4.78 is 0. The lowest BCUT2D eigenvalue weighted by atomic mass is 10.1. The number of nitrogens with one attached hydrogen (secondary N) is 1. The Morgan fingerprint density at radius 2 is 1.73 bits per heavy atom. The summed E-state index contributed by atoms with van der Waals surface area (Å²) in [4.78, 5) is 28.9. The third-order valence-electron chi connectivity index (χ3n) is 4.05. The molecule has 0 unspecified atom stereocenters. The molecule has 4 nitrogen and oxygen atoms in total. The molecule has 1 amide bonds. The Balaban J connectivity index is 1.64. The number of amides is 1. The molecule has 0 spiro atoms. The van der Waals surface area contributed by atoms with Gasteiger partial charge in [-0.25, -0.2) is 0 Å². The fourth-order valence-electron chi connectivity index (χ4n) is 2.71. The van der Waals surface area contributed by atoms with Crippen LogP contribution in [0.25, 0.3) is 0 Å². The Hall–Kier alpha value is -3.27. The zero-order chi connectivity index (χ0) is 18.4. The number of carbonyl (C=O) groups excluding carboxylic acids is 2. The second kappa shape index (κ2) is 8.21. The van der Waals surface area contributed by atoms with Crippen LogP contribution in [0.4, 0.5) is 0 Å². The molecule has 0 radical (unpaired) electrons. The minimum atomic E-state index is -0.178. The maximum Gasteiger partial charge on any atom is 0.251 e. The molecule has 0 atom stereocenters. The van der Waals surface area contributed by atoms with Crippen LogP contribution in [0, 0.1) is 6.92 Å². The Kier molecular flexibility index (Phi) is 5.54. The van der Waals surface area contributed by atoms with Gasteiger partial charge in [0, 0.05) is 29.6 Å². The van der Waals surface area contributed by atoms with Gasteiger partial charge in [0.1, 0.15) is 0 Å². The number of pyridine rings is 1. The van der Waals surface area contributed by atoms with Gasteiger partial charge in [-0.15, -0.1) is 0 Å². The zero-order valence-electron chi connectivity index (χ0n) is 14.6. The summed E-state index contributed by atoms with van der Waals surface area (Å²) in [7, 11) is 0. The maximum absolute atomic E-state index is 12.4. The number of hydrogen-bond donors (Lipinski definition) is 1. The Labute approximate surface area is 152 Å². The van der Waals surface area contributed by atoms with Crippen LogP contribution < -0.4 is 5.32 Å². The van der Waals surface area contributed by atoms with Gasteiger partial charge in [-0.3, -0.25) is 14.6 Å². The van der Waals surface area contributed by atoms with Crippen molar-refractivity contribution in [3.05, 3.63) is 101 Å². The van der Waals surface area contributed by atoms with E-state index in [4.69, 9.17) is 0 Å². The predicted octanol–water partition coefficient (Wildman–Crippen LogP) is 3.75. The zero-order valence-corrected chi connectivity index (χ0v) is 14.6. The molecular formula is C22H20N2O2. The molecule has 26 heavy (non-hydrogen) atoms. The van der Waals surface area contributed by atoms with Crippen molar-refractivity contribution in [2.45, 2.75) is 19.9 Å². The van der Waals surface area contributed by atoms with Gasteiger partial charge in [-0.2, -0.15) is 0 Å². The molecule has 0 aliphatic carbocycles. The van der Waals surface area contributed by atoms with Gasteiger partial charge < -0.3 is 5.32 Å². The van der Waals surface area contributed by atoms with Crippen LogP contribution in [0.1, 0.15) is 37.5 Å². The van der Waals surface area contributed by atoms with Gasteiger partial charge in [0.2, 0.25) is 0 Å². The summed E-state index contributed by atoms with van der Waals surface area (Å²) in [5.74, 6) is -0.197. The third kappa shape index (κ3) is 4.63. The molecule has 0 saturated heterocycles. The topological polar surface area (TPSA) is 59.1 Å². The Morgan fingerprint density at radius 1 is 0.923 bits per heavy atom.